The second-order valence-electron chi connectivity index (χ2n) is 2.59. The van der Waals surface area contributed by atoms with Gasteiger partial charge in [-0.3, -0.25) is 0 Å². The van der Waals surface area contributed by atoms with Crippen molar-refractivity contribution in [3.8, 4) is 0 Å². The van der Waals surface area contributed by atoms with Crippen molar-refractivity contribution < 1.29 is 4.79 Å². The van der Waals surface area contributed by atoms with Gasteiger partial charge in [-0.1, -0.05) is 50.0 Å². The van der Waals surface area contributed by atoms with Gasteiger partial charge in [-0.05, 0) is 17.7 Å². The van der Waals surface area contributed by atoms with Gasteiger partial charge in [0.15, 0.2) is 0 Å². The molecular formula is C11H14Cl2O. The summed E-state index contributed by atoms with van der Waals surface area (Å²) in [6, 6.07) is 5.13. The fourth-order valence-corrected chi connectivity index (χ4v) is 1.52. The Hall–Kier alpha value is -0.530. The summed E-state index contributed by atoms with van der Waals surface area (Å²) in [6.45, 7) is 5.79. The number of benzene rings is 1. The van der Waals surface area contributed by atoms with Crippen LogP contribution in [0.4, 0.5) is 0 Å². The first kappa shape index (κ1) is 13.5. The molecule has 0 saturated carbocycles. The van der Waals surface area contributed by atoms with E-state index in [0.29, 0.717) is 10.0 Å². The first-order valence-corrected chi connectivity index (χ1v) is 5.31. The van der Waals surface area contributed by atoms with Crippen molar-refractivity contribution in [2.24, 2.45) is 0 Å². The summed E-state index contributed by atoms with van der Waals surface area (Å²) in [7, 11) is 0. The van der Waals surface area contributed by atoms with Gasteiger partial charge in [-0.2, -0.15) is 0 Å². The monoisotopic (exact) mass is 232 g/mol. The Bertz CT molecular complexity index is 297. The second kappa shape index (κ2) is 6.86. The van der Waals surface area contributed by atoms with Gasteiger partial charge in [-0.25, -0.2) is 0 Å². The smallest absolute Gasteiger partial charge is 0.127 e. The highest BCUT2D eigenvalue weighted by Crippen LogP contribution is 2.25. The maximum atomic E-state index is 10.5. The van der Waals surface area contributed by atoms with Crippen LogP contribution in [-0.2, 0) is 4.79 Å². The maximum Gasteiger partial charge on any atom is 0.127 e. The number of hydrogen-bond acceptors (Lipinski definition) is 1. The number of hydrogen-bond donors (Lipinski definition) is 0. The molecule has 14 heavy (non-hydrogen) atoms. The van der Waals surface area contributed by atoms with E-state index in [1.54, 1.807) is 25.1 Å². The summed E-state index contributed by atoms with van der Waals surface area (Å²) in [4.78, 5) is 10.5. The quantitative estimate of drug-likeness (QED) is 0.695. The minimum absolute atomic E-state index is 0.172. The molecule has 0 saturated heterocycles. The molecule has 0 aliphatic carbocycles. The van der Waals surface area contributed by atoms with E-state index in [1.165, 1.54) is 0 Å². The van der Waals surface area contributed by atoms with Crippen LogP contribution in [0.15, 0.2) is 18.2 Å². The SMILES string of the molecule is CC.CC(C=O)c1ccc(Cl)cc1Cl. The molecule has 1 atom stereocenters. The normalized spacial score (nSPS) is 11.2. The Kier molecular flexibility index (Phi) is 6.60. The zero-order chi connectivity index (χ0) is 11.1. The van der Waals surface area contributed by atoms with E-state index in [4.69, 9.17) is 23.2 Å². The van der Waals surface area contributed by atoms with Crippen molar-refractivity contribution in [2.75, 3.05) is 0 Å². The van der Waals surface area contributed by atoms with Gasteiger partial charge >= 0.3 is 0 Å². The topological polar surface area (TPSA) is 17.1 Å². The molecule has 1 nitrogen and oxygen atoms in total. The van der Waals surface area contributed by atoms with Crippen LogP contribution in [-0.4, -0.2) is 6.29 Å². The number of rotatable bonds is 2. The standard InChI is InChI=1S/C9H8Cl2O.C2H6/c1-6(5-12)8-3-2-7(10)4-9(8)11;1-2/h2-6H,1H3;1-2H3. The summed E-state index contributed by atoms with van der Waals surface area (Å²) in [5.41, 5.74) is 0.816. The highest BCUT2D eigenvalue weighted by molar-refractivity contribution is 6.35. The van der Waals surface area contributed by atoms with Crippen LogP contribution in [0.25, 0.3) is 0 Å². The van der Waals surface area contributed by atoms with E-state index in [0.717, 1.165) is 11.8 Å². The third-order valence-electron chi connectivity index (χ3n) is 1.66. The number of carbonyl (C=O) groups excluding carboxylic acids is 1. The zero-order valence-electron chi connectivity index (χ0n) is 8.55. The van der Waals surface area contributed by atoms with Gasteiger partial charge in [-0.15, -0.1) is 0 Å². The van der Waals surface area contributed by atoms with E-state index in [9.17, 15) is 4.79 Å². The summed E-state index contributed by atoms with van der Waals surface area (Å²) in [6.07, 6.45) is 0.856. The van der Waals surface area contributed by atoms with Crippen molar-refractivity contribution in [1.82, 2.24) is 0 Å². The number of carbonyl (C=O) groups is 1. The third-order valence-corrected chi connectivity index (χ3v) is 2.22. The van der Waals surface area contributed by atoms with E-state index in [2.05, 4.69) is 0 Å². The summed E-state index contributed by atoms with van der Waals surface area (Å²) < 4.78 is 0. The lowest BCUT2D eigenvalue weighted by Gasteiger charge is -2.06. The molecule has 1 rings (SSSR count). The van der Waals surface area contributed by atoms with E-state index < -0.39 is 0 Å². The zero-order valence-corrected chi connectivity index (χ0v) is 10.1. The largest absolute Gasteiger partial charge is 0.303 e. The van der Waals surface area contributed by atoms with Crippen LogP contribution in [0.5, 0.6) is 0 Å². The molecule has 3 heteroatoms. The van der Waals surface area contributed by atoms with Gasteiger partial charge in [0, 0.05) is 16.0 Å². The lowest BCUT2D eigenvalue weighted by atomic mass is 10.0. The Morgan fingerprint density at radius 1 is 1.29 bits per heavy atom. The fraction of sp³-hybridized carbons (Fsp3) is 0.364. The van der Waals surface area contributed by atoms with Crippen molar-refractivity contribution in [1.29, 1.82) is 0 Å². The molecule has 0 amide bonds. The average molecular weight is 233 g/mol. The fourth-order valence-electron chi connectivity index (χ4n) is 0.944. The van der Waals surface area contributed by atoms with Gasteiger partial charge in [0.1, 0.15) is 6.29 Å². The lowest BCUT2D eigenvalue weighted by Crippen LogP contribution is -1.94. The molecule has 0 bridgehead atoms. The molecular weight excluding hydrogens is 219 g/mol. The molecule has 0 heterocycles. The van der Waals surface area contributed by atoms with Gasteiger partial charge in [0.25, 0.3) is 0 Å². The van der Waals surface area contributed by atoms with Crippen LogP contribution in [0, 0.1) is 0 Å². The van der Waals surface area contributed by atoms with E-state index in [1.807, 2.05) is 13.8 Å². The van der Waals surface area contributed by atoms with Crippen LogP contribution >= 0.6 is 23.2 Å². The molecule has 78 valence electrons. The predicted octanol–water partition coefficient (Wildman–Crippen LogP) is 4.32. The molecule has 0 aliphatic rings. The molecule has 1 aromatic carbocycles. The van der Waals surface area contributed by atoms with Crippen LogP contribution in [0.1, 0.15) is 32.3 Å². The third kappa shape index (κ3) is 3.69. The molecule has 0 aromatic heterocycles. The Labute approximate surface area is 95.0 Å². The molecule has 0 fully saturated rings. The predicted molar refractivity (Wildman–Crippen MR) is 62.3 cm³/mol. The molecule has 0 aliphatic heterocycles. The number of halogens is 2. The Morgan fingerprint density at radius 2 is 1.86 bits per heavy atom. The lowest BCUT2D eigenvalue weighted by molar-refractivity contribution is -0.108. The summed E-state index contributed by atoms with van der Waals surface area (Å²) >= 11 is 11.6. The van der Waals surface area contributed by atoms with Crippen LogP contribution in [0.3, 0.4) is 0 Å². The van der Waals surface area contributed by atoms with Crippen LogP contribution < -0.4 is 0 Å². The molecule has 1 unspecified atom stereocenters. The van der Waals surface area contributed by atoms with Crippen molar-refractivity contribution in [3.63, 3.8) is 0 Å². The van der Waals surface area contributed by atoms with E-state index >= 15 is 0 Å². The second-order valence-corrected chi connectivity index (χ2v) is 3.43. The Morgan fingerprint density at radius 3 is 2.29 bits per heavy atom. The summed E-state index contributed by atoms with van der Waals surface area (Å²) in [5, 5.41) is 1.13. The van der Waals surface area contributed by atoms with Gasteiger partial charge in [0.05, 0.1) is 0 Å². The van der Waals surface area contributed by atoms with Gasteiger partial charge < -0.3 is 4.79 Å². The Balaban J connectivity index is 0.000000791. The van der Waals surface area contributed by atoms with Gasteiger partial charge in [0.2, 0.25) is 0 Å². The molecule has 1 aromatic rings. The van der Waals surface area contributed by atoms with Crippen molar-refractivity contribution in [2.45, 2.75) is 26.7 Å². The molecule has 0 spiro atoms. The molecule has 0 N–H and O–H groups in total. The molecule has 0 radical (unpaired) electrons. The first-order valence-electron chi connectivity index (χ1n) is 4.55. The van der Waals surface area contributed by atoms with E-state index in [-0.39, 0.29) is 5.92 Å². The minimum atomic E-state index is -0.172. The average Bonchev–Trinajstić information content (AvgIpc) is 2.20. The minimum Gasteiger partial charge on any atom is -0.303 e. The number of aldehydes is 1. The first-order chi connectivity index (χ1) is 6.65. The highest BCUT2D eigenvalue weighted by atomic mass is 35.5. The maximum absolute atomic E-state index is 10.5. The van der Waals surface area contributed by atoms with Crippen LogP contribution in [0.2, 0.25) is 10.0 Å². The highest BCUT2D eigenvalue weighted by Gasteiger charge is 2.07. The van der Waals surface area contributed by atoms with Crippen molar-refractivity contribution >= 4 is 29.5 Å². The summed E-state index contributed by atoms with van der Waals surface area (Å²) in [5.74, 6) is -0.172. The van der Waals surface area contributed by atoms with Crippen molar-refractivity contribution in [3.05, 3.63) is 33.8 Å².